The summed E-state index contributed by atoms with van der Waals surface area (Å²) in [4.78, 5) is 27.5. The Morgan fingerprint density at radius 1 is 1.53 bits per heavy atom. The summed E-state index contributed by atoms with van der Waals surface area (Å²) in [6, 6.07) is 0. The molecule has 104 valence electrons. The molecule has 1 aliphatic carbocycles. The number of hydrogen-bond acceptors (Lipinski definition) is 5. The zero-order valence-corrected chi connectivity index (χ0v) is 11.5. The lowest BCUT2D eigenvalue weighted by atomic mass is 9.96. The number of amides is 1. The quantitative estimate of drug-likeness (QED) is 0.771. The molecule has 2 unspecified atom stereocenters. The number of carboxylic acid groups (broad SMARTS) is 1. The summed E-state index contributed by atoms with van der Waals surface area (Å²) in [5, 5.41) is 12.2. The predicted octanol–water partition coefficient (Wildman–Crippen LogP) is 1.26. The number of rotatable bonds is 4. The van der Waals surface area contributed by atoms with Crippen LogP contribution in [0.5, 0.6) is 0 Å². The van der Waals surface area contributed by atoms with E-state index in [9.17, 15) is 9.59 Å². The third-order valence-electron chi connectivity index (χ3n) is 3.52. The van der Waals surface area contributed by atoms with E-state index in [0.717, 1.165) is 24.2 Å². The van der Waals surface area contributed by atoms with E-state index in [1.807, 2.05) is 0 Å². The first kappa shape index (κ1) is 13.8. The zero-order valence-electron chi connectivity index (χ0n) is 10.7. The number of carboxylic acids is 1. The molecule has 1 amide bonds. The van der Waals surface area contributed by atoms with Crippen molar-refractivity contribution in [3.63, 3.8) is 0 Å². The first-order valence-corrected chi connectivity index (χ1v) is 7.04. The fraction of sp³-hybridized carbons (Fsp3) is 0.583. The van der Waals surface area contributed by atoms with Crippen molar-refractivity contribution < 1.29 is 14.7 Å². The van der Waals surface area contributed by atoms with Crippen LogP contribution >= 0.6 is 11.3 Å². The molecule has 0 bridgehead atoms. The van der Waals surface area contributed by atoms with E-state index in [0.29, 0.717) is 28.7 Å². The lowest BCUT2D eigenvalue weighted by molar-refractivity contribution is -0.142. The number of anilines is 1. The smallest absolute Gasteiger partial charge is 0.306 e. The molecule has 1 saturated carbocycles. The lowest BCUT2D eigenvalue weighted by Gasteiger charge is -2.15. The number of nitrogens with zero attached hydrogens (tertiary/aromatic N) is 1. The normalized spacial score (nSPS) is 22.4. The summed E-state index contributed by atoms with van der Waals surface area (Å²) in [6.45, 7) is 2.13. The predicted molar refractivity (Wildman–Crippen MR) is 72.1 cm³/mol. The van der Waals surface area contributed by atoms with E-state index in [-0.39, 0.29) is 17.7 Å². The average molecular weight is 283 g/mol. The number of nitrogen functional groups attached to an aromatic ring is 1. The van der Waals surface area contributed by atoms with Gasteiger partial charge in [-0.05, 0) is 25.7 Å². The molecule has 1 heterocycles. The standard InChI is InChI=1S/C12H17N3O3S/c1-6-9(19-12(13)15-6)10(16)14-5-7-3-2-4-8(7)11(17)18/h7-8H,2-5H2,1H3,(H2,13,15)(H,14,16)(H,17,18). The molecule has 1 fully saturated rings. The highest BCUT2D eigenvalue weighted by Gasteiger charge is 2.33. The number of carbonyl (C=O) groups excluding carboxylic acids is 1. The van der Waals surface area contributed by atoms with Gasteiger partial charge >= 0.3 is 5.97 Å². The maximum Gasteiger partial charge on any atom is 0.306 e. The van der Waals surface area contributed by atoms with Gasteiger partial charge in [0, 0.05) is 6.54 Å². The molecule has 2 rings (SSSR count). The molecule has 1 aliphatic rings. The number of aryl methyl sites for hydroxylation is 1. The number of aromatic nitrogens is 1. The summed E-state index contributed by atoms with van der Waals surface area (Å²) in [6.07, 6.45) is 2.45. The van der Waals surface area contributed by atoms with Crippen LogP contribution in [-0.4, -0.2) is 28.5 Å². The number of aliphatic carboxylic acids is 1. The first-order chi connectivity index (χ1) is 8.99. The molecule has 0 radical (unpaired) electrons. The van der Waals surface area contributed by atoms with Crippen molar-refractivity contribution in [2.24, 2.45) is 11.8 Å². The van der Waals surface area contributed by atoms with Crippen LogP contribution in [0.25, 0.3) is 0 Å². The van der Waals surface area contributed by atoms with Crippen molar-refractivity contribution in [2.45, 2.75) is 26.2 Å². The number of carbonyl (C=O) groups is 2. The Morgan fingerprint density at radius 2 is 2.26 bits per heavy atom. The molecular formula is C12H17N3O3S. The highest BCUT2D eigenvalue weighted by atomic mass is 32.1. The molecule has 6 nitrogen and oxygen atoms in total. The average Bonchev–Trinajstić information content (AvgIpc) is 2.92. The number of nitrogens with one attached hydrogen (secondary N) is 1. The Labute approximate surface area is 115 Å². The fourth-order valence-electron chi connectivity index (χ4n) is 2.54. The van der Waals surface area contributed by atoms with Gasteiger partial charge < -0.3 is 16.2 Å². The van der Waals surface area contributed by atoms with Crippen molar-refractivity contribution in [3.05, 3.63) is 10.6 Å². The topological polar surface area (TPSA) is 105 Å². The van der Waals surface area contributed by atoms with Gasteiger partial charge in [0.2, 0.25) is 0 Å². The van der Waals surface area contributed by atoms with E-state index >= 15 is 0 Å². The Kier molecular flexibility index (Phi) is 4.04. The number of nitrogens with two attached hydrogens (primary N) is 1. The fourth-order valence-corrected chi connectivity index (χ4v) is 3.29. The van der Waals surface area contributed by atoms with E-state index in [2.05, 4.69) is 10.3 Å². The maximum absolute atomic E-state index is 12.0. The Bertz CT molecular complexity index is 500. The Balaban J connectivity index is 1.94. The summed E-state index contributed by atoms with van der Waals surface area (Å²) >= 11 is 1.15. The molecule has 0 saturated heterocycles. The second kappa shape index (κ2) is 5.56. The van der Waals surface area contributed by atoms with Crippen LogP contribution in [0.15, 0.2) is 0 Å². The molecule has 4 N–H and O–H groups in total. The van der Waals surface area contributed by atoms with Gasteiger partial charge in [-0.3, -0.25) is 9.59 Å². The van der Waals surface area contributed by atoms with Crippen LogP contribution in [0.2, 0.25) is 0 Å². The third kappa shape index (κ3) is 3.04. The van der Waals surface area contributed by atoms with Gasteiger partial charge in [0.25, 0.3) is 5.91 Å². The Hall–Kier alpha value is -1.63. The van der Waals surface area contributed by atoms with E-state index < -0.39 is 5.97 Å². The molecule has 7 heteroatoms. The summed E-state index contributed by atoms with van der Waals surface area (Å²) in [5.74, 6) is -1.31. The van der Waals surface area contributed by atoms with Crippen molar-refractivity contribution in [2.75, 3.05) is 12.3 Å². The minimum Gasteiger partial charge on any atom is -0.481 e. The second-order valence-corrected chi connectivity index (χ2v) is 5.84. The van der Waals surface area contributed by atoms with Crippen LogP contribution in [0.4, 0.5) is 5.13 Å². The van der Waals surface area contributed by atoms with Gasteiger partial charge in [-0.15, -0.1) is 0 Å². The zero-order chi connectivity index (χ0) is 14.0. The minimum atomic E-state index is -0.769. The molecule has 0 spiro atoms. The molecule has 1 aromatic rings. The van der Waals surface area contributed by atoms with Crippen molar-refractivity contribution in [3.8, 4) is 0 Å². The SMILES string of the molecule is Cc1nc(N)sc1C(=O)NCC1CCCC1C(=O)O. The van der Waals surface area contributed by atoms with Crippen molar-refractivity contribution in [1.29, 1.82) is 0 Å². The van der Waals surface area contributed by atoms with Crippen molar-refractivity contribution in [1.82, 2.24) is 10.3 Å². The highest BCUT2D eigenvalue weighted by Crippen LogP contribution is 2.31. The monoisotopic (exact) mass is 283 g/mol. The van der Waals surface area contributed by atoms with E-state index in [1.54, 1.807) is 6.92 Å². The van der Waals surface area contributed by atoms with Crippen LogP contribution in [-0.2, 0) is 4.79 Å². The molecule has 1 aromatic heterocycles. The minimum absolute atomic E-state index is 0.0204. The molecular weight excluding hydrogens is 266 g/mol. The van der Waals surface area contributed by atoms with Crippen molar-refractivity contribution >= 4 is 28.3 Å². The molecule has 19 heavy (non-hydrogen) atoms. The van der Waals surface area contributed by atoms with Gasteiger partial charge in [-0.1, -0.05) is 17.8 Å². The van der Waals surface area contributed by atoms with Gasteiger partial charge in [-0.25, -0.2) is 4.98 Å². The van der Waals surface area contributed by atoms with E-state index in [1.165, 1.54) is 0 Å². The van der Waals surface area contributed by atoms with Crippen LogP contribution in [0.3, 0.4) is 0 Å². The summed E-state index contributed by atoms with van der Waals surface area (Å²) in [7, 11) is 0. The molecule has 0 aromatic carbocycles. The molecule has 0 aliphatic heterocycles. The number of thiazole rings is 1. The van der Waals surface area contributed by atoms with Gasteiger partial charge in [-0.2, -0.15) is 0 Å². The van der Waals surface area contributed by atoms with Gasteiger partial charge in [0.1, 0.15) is 4.88 Å². The van der Waals surface area contributed by atoms with Crippen LogP contribution < -0.4 is 11.1 Å². The second-order valence-electron chi connectivity index (χ2n) is 4.81. The highest BCUT2D eigenvalue weighted by molar-refractivity contribution is 7.17. The van der Waals surface area contributed by atoms with Crippen LogP contribution in [0, 0.1) is 18.8 Å². The van der Waals surface area contributed by atoms with Gasteiger partial charge in [0.05, 0.1) is 11.6 Å². The largest absolute Gasteiger partial charge is 0.481 e. The first-order valence-electron chi connectivity index (χ1n) is 6.23. The summed E-state index contributed by atoms with van der Waals surface area (Å²) < 4.78 is 0. The third-order valence-corrected chi connectivity index (χ3v) is 4.51. The lowest BCUT2D eigenvalue weighted by Crippen LogP contribution is -2.32. The number of hydrogen-bond donors (Lipinski definition) is 3. The van der Waals surface area contributed by atoms with E-state index in [4.69, 9.17) is 10.8 Å². The Morgan fingerprint density at radius 3 is 2.84 bits per heavy atom. The van der Waals surface area contributed by atoms with Crippen LogP contribution in [0.1, 0.15) is 34.6 Å². The maximum atomic E-state index is 12.0. The molecule has 2 atom stereocenters. The summed E-state index contributed by atoms with van der Waals surface area (Å²) in [5.41, 5.74) is 6.16. The van der Waals surface area contributed by atoms with Gasteiger partial charge in [0.15, 0.2) is 5.13 Å².